The number of hydrogen-bond donors (Lipinski definition) is 1. The number of likely N-dealkylation sites (tertiary alicyclic amines) is 1. The quantitative estimate of drug-likeness (QED) is 0.541. The summed E-state index contributed by atoms with van der Waals surface area (Å²) >= 11 is 0. The Balaban J connectivity index is 1.13. The third kappa shape index (κ3) is 4.69. The summed E-state index contributed by atoms with van der Waals surface area (Å²) in [6.07, 6.45) is 2.05. The SMILES string of the molecule is O=C(NCc1ccc2c(c1)OCO2)C1CCCN1C(=O)c1cc2n(n1)CCCN(Cc1ccccc1)C2=O. The minimum atomic E-state index is -0.580. The third-order valence-electron chi connectivity index (χ3n) is 7.24. The van der Waals surface area contributed by atoms with Crippen molar-refractivity contribution in [1.29, 1.82) is 0 Å². The van der Waals surface area contributed by atoms with Gasteiger partial charge < -0.3 is 24.6 Å². The molecule has 1 N–H and O–H groups in total. The van der Waals surface area contributed by atoms with E-state index >= 15 is 0 Å². The van der Waals surface area contributed by atoms with Crippen LogP contribution in [0.2, 0.25) is 0 Å². The third-order valence-corrected chi connectivity index (χ3v) is 7.24. The van der Waals surface area contributed by atoms with Crippen molar-refractivity contribution in [1.82, 2.24) is 24.9 Å². The summed E-state index contributed by atoms with van der Waals surface area (Å²) in [6, 6.07) is 16.4. The number of carbonyl (C=O) groups excluding carboxylic acids is 3. The van der Waals surface area contributed by atoms with Gasteiger partial charge in [-0.15, -0.1) is 0 Å². The lowest BCUT2D eigenvalue weighted by Gasteiger charge is -2.23. The molecule has 2 aromatic carbocycles. The molecule has 1 unspecified atom stereocenters. The van der Waals surface area contributed by atoms with E-state index in [4.69, 9.17) is 9.47 Å². The minimum Gasteiger partial charge on any atom is -0.454 e. The van der Waals surface area contributed by atoms with Gasteiger partial charge in [0, 0.05) is 38.8 Å². The topological polar surface area (TPSA) is 106 Å². The summed E-state index contributed by atoms with van der Waals surface area (Å²) in [5.74, 6) is 0.670. The molecular formula is C28H29N5O5. The predicted octanol–water partition coefficient (Wildman–Crippen LogP) is 2.58. The first-order valence-corrected chi connectivity index (χ1v) is 12.9. The van der Waals surface area contributed by atoms with Crippen molar-refractivity contribution in [3.05, 3.63) is 77.1 Å². The van der Waals surface area contributed by atoms with Gasteiger partial charge in [0.2, 0.25) is 12.7 Å². The van der Waals surface area contributed by atoms with Crippen LogP contribution in [0.3, 0.4) is 0 Å². The van der Waals surface area contributed by atoms with Gasteiger partial charge in [0.05, 0.1) is 0 Å². The summed E-state index contributed by atoms with van der Waals surface area (Å²) < 4.78 is 12.4. The van der Waals surface area contributed by atoms with E-state index in [0.717, 1.165) is 24.0 Å². The number of aryl methyl sites for hydroxylation is 1. The average Bonchev–Trinajstić information content (AvgIpc) is 3.69. The van der Waals surface area contributed by atoms with Crippen LogP contribution in [0.15, 0.2) is 54.6 Å². The second kappa shape index (κ2) is 10.2. The molecule has 0 spiro atoms. The highest BCUT2D eigenvalue weighted by Gasteiger charge is 2.36. The molecule has 10 nitrogen and oxygen atoms in total. The van der Waals surface area contributed by atoms with Crippen LogP contribution < -0.4 is 14.8 Å². The number of amides is 3. The zero-order valence-corrected chi connectivity index (χ0v) is 21.0. The highest BCUT2D eigenvalue weighted by atomic mass is 16.7. The maximum absolute atomic E-state index is 13.5. The fraction of sp³-hybridized carbons (Fsp3) is 0.357. The van der Waals surface area contributed by atoms with Gasteiger partial charge in [0.15, 0.2) is 17.2 Å². The van der Waals surface area contributed by atoms with Crippen molar-refractivity contribution in [2.75, 3.05) is 19.9 Å². The molecule has 0 aliphatic carbocycles. The van der Waals surface area contributed by atoms with E-state index < -0.39 is 6.04 Å². The molecule has 1 aromatic heterocycles. The van der Waals surface area contributed by atoms with E-state index in [1.165, 1.54) is 0 Å². The fourth-order valence-corrected chi connectivity index (χ4v) is 5.28. The van der Waals surface area contributed by atoms with Gasteiger partial charge in [0.1, 0.15) is 11.7 Å². The molecule has 10 heteroatoms. The maximum Gasteiger partial charge on any atom is 0.275 e. The summed E-state index contributed by atoms with van der Waals surface area (Å²) in [7, 11) is 0. The summed E-state index contributed by atoms with van der Waals surface area (Å²) in [6.45, 7) is 2.66. The zero-order valence-electron chi connectivity index (χ0n) is 21.0. The van der Waals surface area contributed by atoms with E-state index in [2.05, 4.69) is 10.4 Å². The highest BCUT2D eigenvalue weighted by molar-refractivity contribution is 6.00. The van der Waals surface area contributed by atoms with Gasteiger partial charge in [-0.25, -0.2) is 0 Å². The minimum absolute atomic E-state index is 0.141. The van der Waals surface area contributed by atoms with Crippen molar-refractivity contribution in [2.45, 2.75) is 44.9 Å². The Hall–Kier alpha value is -4.34. The van der Waals surface area contributed by atoms with Crippen molar-refractivity contribution in [3.63, 3.8) is 0 Å². The van der Waals surface area contributed by atoms with Gasteiger partial charge in [-0.1, -0.05) is 36.4 Å². The summed E-state index contributed by atoms with van der Waals surface area (Å²) in [5.41, 5.74) is 2.54. The number of aromatic nitrogens is 2. The number of nitrogens with zero attached hydrogens (tertiary/aromatic N) is 4. The Kier molecular flexibility index (Phi) is 6.45. The molecular weight excluding hydrogens is 486 g/mol. The zero-order chi connectivity index (χ0) is 26.1. The van der Waals surface area contributed by atoms with Crippen LogP contribution in [-0.2, 0) is 24.4 Å². The van der Waals surface area contributed by atoms with E-state index in [1.807, 2.05) is 48.5 Å². The number of nitrogens with one attached hydrogen (secondary N) is 1. The Bertz CT molecular complexity index is 1370. The number of rotatable bonds is 6. The van der Waals surface area contributed by atoms with Crippen molar-refractivity contribution in [2.24, 2.45) is 0 Å². The fourth-order valence-electron chi connectivity index (χ4n) is 5.28. The molecule has 0 saturated carbocycles. The first-order chi connectivity index (χ1) is 18.6. The number of fused-ring (bicyclic) bond motifs is 2. The largest absolute Gasteiger partial charge is 0.454 e. The first kappa shape index (κ1) is 24.0. The van der Waals surface area contributed by atoms with E-state index in [9.17, 15) is 14.4 Å². The first-order valence-electron chi connectivity index (χ1n) is 12.9. The van der Waals surface area contributed by atoms with Crippen LogP contribution in [0.25, 0.3) is 0 Å². The summed E-state index contributed by atoms with van der Waals surface area (Å²) in [4.78, 5) is 43.2. The van der Waals surface area contributed by atoms with E-state index in [0.29, 0.717) is 56.3 Å². The van der Waals surface area contributed by atoms with Gasteiger partial charge in [0.25, 0.3) is 11.8 Å². The second-order valence-corrected chi connectivity index (χ2v) is 9.77. The molecule has 196 valence electrons. The van der Waals surface area contributed by atoms with Crippen LogP contribution in [0.5, 0.6) is 11.5 Å². The smallest absolute Gasteiger partial charge is 0.275 e. The van der Waals surface area contributed by atoms with Crippen LogP contribution in [0.4, 0.5) is 0 Å². The monoisotopic (exact) mass is 515 g/mol. The molecule has 1 fully saturated rings. The molecule has 4 heterocycles. The Morgan fingerprint density at radius 3 is 2.66 bits per heavy atom. The lowest BCUT2D eigenvalue weighted by Crippen LogP contribution is -2.45. The van der Waals surface area contributed by atoms with E-state index in [-0.39, 0.29) is 30.2 Å². The molecule has 3 aliphatic heterocycles. The Morgan fingerprint density at radius 2 is 1.79 bits per heavy atom. The number of carbonyl (C=O) groups is 3. The average molecular weight is 516 g/mol. The predicted molar refractivity (Wildman–Crippen MR) is 136 cm³/mol. The summed E-state index contributed by atoms with van der Waals surface area (Å²) in [5, 5.41) is 7.43. The Morgan fingerprint density at radius 1 is 0.947 bits per heavy atom. The maximum atomic E-state index is 13.5. The lowest BCUT2D eigenvalue weighted by atomic mass is 10.1. The molecule has 3 amide bonds. The molecule has 3 aromatic rings. The molecule has 1 atom stereocenters. The number of ether oxygens (including phenoxy) is 2. The van der Waals surface area contributed by atoms with E-state index in [1.54, 1.807) is 20.5 Å². The number of benzene rings is 2. The standard InChI is InChI=1S/C28H29N5O5/c34-26(29-16-20-9-10-24-25(14-20)38-18-37-24)22-8-4-12-32(22)27(35)21-15-23-28(36)31(11-5-13-33(23)30-21)17-19-6-2-1-3-7-19/h1-3,6-7,9-10,14-15,22H,4-5,8,11-13,16-18H2,(H,29,34). The molecule has 1 saturated heterocycles. The van der Waals surface area contributed by atoms with Crippen molar-refractivity contribution < 1.29 is 23.9 Å². The Labute approximate surface area is 220 Å². The number of hydrogen-bond acceptors (Lipinski definition) is 6. The molecule has 38 heavy (non-hydrogen) atoms. The molecule has 0 radical (unpaired) electrons. The molecule has 6 rings (SSSR count). The van der Waals surface area contributed by atoms with Gasteiger partial charge >= 0.3 is 0 Å². The van der Waals surface area contributed by atoms with Gasteiger partial charge in [-0.3, -0.25) is 19.1 Å². The lowest BCUT2D eigenvalue weighted by molar-refractivity contribution is -0.125. The molecule has 0 bridgehead atoms. The second-order valence-electron chi connectivity index (χ2n) is 9.77. The van der Waals surface area contributed by atoms with Crippen molar-refractivity contribution in [3.8, 4) is 11.5 Å². The van der Waals surface area contributed by atoms with Crippen LogP contribution in [-0.4, -0.2) is 63.2 Å². The van der Waals surface area contributed by atoms with Crippen LogP contribution in [0.1, 0.15) is 51.4 Å². The normalized spacial score (nSPS) is 18.3. The van der Waals surface area contributed by atoms with Crippen LogP contribution in [0, 0.1) is 0 Å². The van der Waals surface area contributed by atoms with Crippen LogP contribution >= 0.6 is 0 Å². The van der Waals surface area contributed by atoms with Crippen molar-refractivity contribution >= 4 is 17.7 Å². The van der Waals surface area contributed by atoms with Gasteiger partial charge in [-0.2, -0.15) is 5.10 Å². The van der Waals surface area contributed by atoms with Gasteiger partial charge in [-0.05, 0) is 42.5 Å². The molecule has 3 aliphatic rings. The highest BCUT2D eigenvalue weighted by Crippen LogP contribution is 2.32.